The van der Waals surface area contributed by atoms with Crippen LogP contribution < -0.4 is 4.74 Å². The summed E-state index contributed by atoms with van der Waals surface area (Å²) in [6.07, 6.45) is 5.86. The van der Waals surface area contributed by atoms with Crippen LogP contribution in [-0.2, 0) is 4.74 Å². The summed E-state index contributed by atoms with van der Waals surface area (Å²) in [5, 5.41) is 1.09. The standard InChI is InChI=1S/C13H16N2O2/c1-4-14-13-11(1)7-12(8-15-13)17-9-10-2-5-16-6-3-10/h1,4,7-8,10H,2-3,5-6,9H2,(H,14,15). The molecular weight excluding hydrogens is 216 g/mol. The number of nitrogens with one attached hydrogen (secondary N) is 1. The molecule has 4 heteroatoms. The lowest BCUT2D eigenvalue weighted by molar-refractivity contribution is 0.0497. The van der Waals surface area contributed by atoms with Crippen LogP contribution in [-0.4, -0.2) is 29.8 Å². The molecule has 1 N–H and O–H groups in total. The Morgan fingerprint density at radius 2 is 2.29 bits per heavy atom. The first-order valence-electron chi connectivity index (χ1n) is 6.05. The minimum atomic E-state index is 0.616. The normalized spacial score (nSPS) is 17.4. The number of aromatic amines is 1. The lowest BCUT2D eigenvalue weighted by Gasteiger charge is -2.21. The summed E-state index contributed by atoms with van der Waals surface area (Å²) in [7, 11) is 0. The molecule has 0 radical (unpaired) electrons. The Bertz CT molecular complexity index is 489. The molecule has 1 aliphatic rings. The van der Waals surface area contributed by atoms with Gasteiger partial charge in [0.1, 0.15) is 11.4 Å². The summed E-state index contributed by atoms with van der Waals surface area (Å²) < 4.78 is 11.1. The second kappa shape index (κ2) is 4.75. The minimum Gasteiger partial charge on any atom is -0.492 e. The SMILES string of the molecule is c1cc2cc(OCC3CCOCC3)cnc2[nH]1. The Hall–Kier alpha value is -1.55. The molecule has 0 saturated carbocycles. The molecule has 0 aromatic carbocycles. The van der Waals surface area contributed by atoms with E-state index in [1.807, 2.05) is 18.3 Å². The summed E-state index contributed by atoms with van der Waals surface area (Å²) in [5.74, 6) is 1.47. The highest BCUT2D eigenvalue weighted by molar-refractivity contribution is 5.76. The third-order valence-electron chi connectivity index (χ3n) is 3.20. The summed E-state index contributed by atoms with van der Waals surface area (Å²) in [6.45, 7) is 2.49. The topological polar surface area (TPSA) is 47.1 Å². The first-order chi connectivity index (χ1) is 8.42. The molecule has 0 atom stereocenters. The number of rotatable bonds is 3. The lowest BCUT2D eigenvalue weighted by atomic mass is 10.0. The van der Waals surface area contributed by atoms with Crippen LogP contribution in [0.25, 0.3) is 11.0 Å². The van der Waals surface area contributed by atoms with Gasteiger partial charge in [-0.3, -0.25) is 0 Å². The Morgan fingerprint density at radius 3 is 3.18 bits per heavy atom. The van der Waals surface area contributed by atoms with Crippen LogP contribution in [0.15, 0.2) is 24.5 Å². The van der Waals surface area contributed by atoms with Gasteiger partial charge in [0.25, 0.3) is 0 Å². The van der Waals surface area contributed by atoms with E-state index in [1.165, 1.54) is 0 Å². The molecule has 2 aromatic rings. The van der Waals surface area contributed by atoms with Gasteiger partial charge in [-0.1, -0.05) is 0 Å². The van der Waals surface area contributed by atoms with Crippen LogP contribution in [0.5, 0.6) is 5.75 Å². The fourth-order valence-electron chi connectivity index (χ4n) is 2.13. The molecule has 90 valence electrons. The van der Waals surface area contributed by atoms with E-state index in [1.54, 1.807) is 6.20 Å². The highest BCUT2D eigenvalue weighted by Gasteiger charge is 2.14. The Balaban J connectivity index is 1.63. The monoisotopic (exact) mass is 232 g/mol. The van der Waals surface area contributed by atoms with Crippen LogP contribution in [0.3, 0.4) is 0 Å². The van der Waals surface area contributed by atoms with Gasteiger partial charge in [-0.2, -0.15) is 0 Å². The number of nitrogens with zero attached hydrogens (tertiary/aromatic N) is 1. The van der Waals surface area contributed by atoms with E-state index in [0.29, 0.717) is 5.92 Å². The maximum Gasteiger partial charge on any atom is 0.138 e. The van der Waals surface area contributed by atoms with Crippen LogP contribution in [0, 0.1) is 5.92 Å². The number of fused-ring (bicyclic) bond motifs is 1. The van der Waals surface area contributed by atoms with Gasteiger partial charge in [0.2, 0.25) is 0 Å². The van der Waals surface area contributed by atoms with Gasteiger partial charge in [-0.25, -0.2) is 4.98 Å². The molecule has 17 heavy (non-hydrogen) atoms. The van der Waals surface area contributed by atoms with E-state index in [9.17, 15) is 0 Å². The van der Waals surface area contributed by atoms with Crippen LogP contribution in [0.1, 0.15) is 12.8 Å². The van der Waals surface area contributed by atoms with Crippen molar-refractivity contribution in [3.8, 4) is 5.75 Å². The fraction of sp³-hybridized carbons (Fsp3) is 0.462. The van der Waals surface area contributed by atoms with Crippen molar-refractivity contribution in [1.29, 1.82) is 0 Å². The number of H-pyrrole nitrogens is 1. The Kier molecular flexibility index (Phi) is 2.96. The fourth-order valence-corrected chi connectivity index (χ4v) is 2.13. The van der Waals surface area contributed by atoms with Crippen molar-refractivity contribution in [2.75, 3.05) is 19.8 Å². The van der Waals surface area contributed by atoms with Crippen molar-refractivity contribution in [2.45, 2.75) is 12.8 Å². The summed E-state index contributed by atoms with van der Waals surface area (Å²) in [6, 6.07) is 4.03. The number of hydrogen-bond donors (Lipinski definition) is 1. The van der Waals surface area contributed by atoms with E-state index < -0.39 is 0 Å². The number of aromatic nitrogens is 2. The van der Waals surface area contributed by atoms with Gasteiger partial charge in [0, 0.05) is 24.8 Å². The van der Waals surface area contributed by atoms with Gasteiger partial charge < -0.3 is 14.5 Å². The molecule has 1 aliphatic heterocycles. The predicted molar refractivity (Wildman–Crippen MR) is 65.1 cm³/mol. The smallest absolute Gasteiger partial charge is 0.138 e. The Morgan fingerprint density at radius 1 is 1.41 bits per heavy atom. The third-order valence-corrected chi connectivity index (χ3v) is 3.20. The first-order valence-corrected chi connectivity index (χ1v) is 6.05. The van der Waals surface area contributed by atoms with Crippen LogP contribution in [0.2, 0.25) is 0 Å². The first kappa shape index (κ1) is 10.6. The molecule has 3 rings (SSSR count). The molecule has 1 fully saturated rings. The van der Waals surface area contributed by atoms with E-state index in [4.69, 9.17) is 9.47 Å². The molecule has 1 saturated heterocycles. The zero-order valence-corrected chi connectivity index (χ0v) is 9.69. The molecular formula is C13H16N2O2. The number of pyridine rings is 1. The van der Waals surface area contributed by atoms with Crippen LogP contribution >= 0.6 is 0 Å². The summed E-state index contributed by atoms with van der Waals surface area (Å²) in [5.41, 5.74) is 0.906. The summed E-state index contributed by atoms with van der Waals surface area (Å²) >= 11 is 0. The number of hydrogen-bond acceptors (Lipinski definition) is 3. The second-order valence-corrected chi connectivity index (χ2v) is 4.45. The van der Waals surface area contributed by atoms with Crippen molar-refractivity contribution < 1.29 is 9.47 Å². The van der Waals surface area contributed by atoms with E-state index in [2.05, 4.69) is 9.97 Å². The maximum atomic E-state index is 5.79. The van der Waals surface area contributed by atoms with E-state index in [-0.39, 0.29) is 0 Å². The van der Waals surface area contributed by atoms with Crippen molar-refractivity contribution in [2.24, 2.45) is 5.92 Å². The van der Waals surface area contributed by atoms with Crippen molar-refractivity contribution >= 4 is 11.0 Å². The lowest BCUT2D eigenvalue weighted by Crippen LogP contribution is -2.21. The van der Waals surface area contributed by atoms with E-state index in [0.717, 1.165) is 49.4 Å². The molecule has 0 aliphatic carbocycles. The summed E-state index contributed by atoms with van der Waals surface area (Å²) in [4.78, 5) is 7.37. The molecule has 0 unspecified atom stereocenters. The maximum absolute atomic E-state index is 5.79. The molecule has 4 nitrogen and oxygen atoms in total. The average Bonchev–Trinajstić information content (AvgIpc) is 2.85. The van der Waals surface area contributed by atoms with E-state index >= 15 is 0 Å². The minimum absolute atomic E-state index is 0.616. The molecule has 0 bridgehead atoms. The average molecular weight is 232 g/mol. The highest BCUT2D eigenvalue weighted by Crippen LogP contribution is 2.20. The van der Waals surface area contributed by atoms with Gasteiger partial charge >= 0.3 is 0 Å². The van der Waals surface area contributed by atoms with Gasteiger partial charge in [0.05, 0.1) is 12.8 Å². The molecule has 0 spiro atoms. The molecule has 0 amide bonds. The predicted octanol–water partition coefficient (Wildman–Crippen LogP) is 2.37. The second-order valence-electron chi connectivity index (χ2n) is 4.45. The van der Waals surface area contributed by atoms with Gasteiger partial charge in [0.15, 0.2) is 0 Å². The molecule has 2 aromatic heterocycles. The van der Waals surface area contributed by atoms with Gasteiger partial charge in [-0.05, 0) is 30.9 Å². The zero-order chi connectivity index (χ0) is 11.5. The van der Waals surface area contributed by atoms with Gasteiger partial charge in [-0.15, -0.1) is 0 Å². The Labute approximate surface area is 100.0 Å². The number of ether oxygens (including phenoxy) is 2. The zero-order valence-electron chi connectivity index (χ0n) is 9.69. The third kappa shape index (κ3) is 2.42. The molecule has 3 heterocycles. The van der Waals surface area contributed by atoms with Crippen LogP contribution in [0.4, 0.5) is 0 Å². The van der Waals surface area contributed by atoms with Crippen molar-refractivity contribution in [3.05, 3.63) is 24.5 Å². The van der Waals surface area contributed by atoms with Crippen molar-refractivity contribution in [3.63, 3.8) is 0 Å². The van der Waals surface area contributed by atoms with Crippen molar-refractivity contribution in [1.82, 2.24) is 9.97 Å². The largest absolute Gasteiger partial charge is 0.492 e. The highest BCUT2D eigenvalue weighted by atomic mass is 16.5. The quantitative estimate of drug-likeness (QED) is 0.883.